The summed E-state index contributed by atoms with van der Waals surface area (Å²) in [6.45, 7) is 3.29. The molecule has 2 aliphatic rings. The van der Waals surface area contributed by atoms with Crippen molar-refractivity contribution in [3.05, 3.63) is 71.4 Å². The van der Waals surface area contributed by atoms with E-state index in [0.717, 1.165) is 39.5 Å². The van der Waals surface area contributed by atoms with Crippen LogP contribution in [0.4, 0.5) is 18.9 Å². The van der Waals surface area contributed by atoms with E-state index in [1.807, 2.05) is 50.1 Å². The van der Waals surface area contributed by atoms with Gasteiger partial charge in [-0.2, -0.15) is 17.5 Å². The van der Waals surface area contributed by atoms with Gasteiger partial charge in [0.25, 0.3) is 0 Å². The number of ether oxygens (including phenoxy) is 1. The molecule has 2 aliphatic heterocycles. The molecule has 1 saturated heterocycles. The quantitative estimate of drug-likeness (QED) is 0.388. The summed E-state index contributed by atoms with van der Waals surface area (Å²) in [6.07, 6.45) is -3.20. The van der Waals surface area contributed by atoms with Gasteiger partial charge in [0.2, 0.25) is 10.0 Å². The van der Waals surface area contributed by atoms with E-state index in [4.69, 9.17) is 4.74 Å². The molecule has 0 radical (unpaired) electrons. The topological polar surface area (TPSA) is 84.0 Å². The normalized spacial score (nSPS) is 19.4. The molecule has 2 aromatic rings. The summed E-state index contributed by atoms with van der Waals surface area (Å²) >= 11 is 0. The van der Waals surface area contributed by atoms with Crippen LogP contribution in [0.2, 0.25) is 0 Å². The van der Waals surface area contributed by atoms with Gasteiger partial charge in [0.15, 0.2) is 12.4 Å². The molecule has 2 heterocycles. The minimum atomic E-state index is -4.82. The number of carbonyl (C=O) groups excluding carboxylic acids is 2. The van der Waals surface area contributed by atoms with Crippen LogP contribution >= 0.6 is 0 Å². The van der Waals surface area contributed by atoms with Gasteiger partial charge < -0.3 is 9.64 Å². The van der Waals surface area contributed by atoms with Gasteiger partial charge >= 0.3 is 12.1 Å². The Morgan fingerprint density at radius 3 is 2.29 bits per heavy atom. The minimum Gasteiger partial charge on any atom is -0.457 e. The number of nitrogens with zero attached hydrogens (tertiary/aromatic N) is 2. The summed E-state index contributed by atoms with van der Waals surface area (Å²) in [5.74, 6) is -1.67. The first-order valence-corrected chi connectivity index (χ1v) is 13.6. The molecule has 4 rings (SSSR count). The maximum absolute atomic E-state index is 13.3. The van der Waals surface area contributed by atoms with E-state index in [2.05, 4.69) is 0 Å². The summed E-state index contributed by atoms with van der Waals surface area (Å²) in [5, 5.41) is 0. The molecule has 0 unspecified atom stereocenters. The number of rotatable bonds is 6. The predicted molar refractivity (Wildman–Crippen MR) is 135 cm³/mol. The predicted octanol–water partition coefficient (Wildman–Crippen LogP) is 4.53. The first-order valence-electron chi connectivity index (χ1n) is 12.2. The fourth-order valence-corrected chi connectivity index (χ4v) is 6.79. The molecule has 0 aromatic heterocycles. The van der Waals surface area contributed by atoms with Gasteiger partial charge in [-0.15, -0.1) is 0 Å². The van der Waals surface area contributed by atoms with Crippen molar-refractivity contribution in [3.63, 3.8) is 0 Å². The van der Waals surface area contributed by atoms with Gasteiger partial charge in [0.1, 0.15) is 0 Å². The number of anilines is 1. The average Bonchev–Trinajstić information content (AvgIpc) is 3.07. The lowest BCUT2D eigenvalue weighted by Gasteiger charge is -2.30. The monoisotopic (exact) mass is 550 g/mol. The number of sulfonamides is 1. The molecule has 0 N–H and O–H groups in total. The summed E-state index contributed by atoms with van der Waals surface area (Å²) in [7, 11) is -2.54. The van der Waals surface area contributed by atoms with Gasteiger partial charge in [-0.1, -0.05) is 44.2 Å². The number of fused-ring (bicyclic) bond motifs is 1. The highest BCUT2D eigenvalue weighted by Gasteiger charge is 2.41. The van der Waals surface area contributed by atoms with E-state index in [-0.39, 0.29) is 31.7 Å². The lowest BCUT2D eigenvalue weighted by Crippen LogP contribution is -2.41. The van der Waals surface area contributed by atoms with E-state index < -0.39 is 50.6 Å². The highest BCUT2D eigenvalue weighted by atomic mass is 32.2. The van der Waals surface area contributed by atoms with E-state index in [1.165, 1.54) is 12.1 Å². The van der Waals surface area contributed by atoms with E-state index >= 15 is 0 Å². The second kappa shape index (κ2) is 10.2. The lowest BCUT2D eigenvalue weighted by atomic mass is 9.83. The Kier molecular flexibility index (Phi) is 7.46. The molecule has 0 bridgehead atoms. The van der Waals surface area contributed by atoms with Gasteiger partial charge in [0.05, 0.1) is 16.4 Å². The number of para-hydroxylation sites is 1. The molecule has 38 heavy (non-hydrogen) atoms. The number of hydrogen-bond donors (Lipinski definition) is 0. The maximum atomic E-state index is 13.3. The van der Waals surface area contributed by atoms with Crippen LogP contribution in [0.25, 0.3) is 0 Å². The minimum absolute atomic E-state index is 0.0760. The SMILES string of the molecule is CN1/C(=C/C(=O)COC(=O)C2CCN(S(=O)(=O)c3ccccc3C(F)(F)F)CC2)C(C)(C)c2ccccc21. The molecule has 0 atom stereocenters. The third-order valence-electron chi connectivity index (χ3n) is 7.19. The lowest BCUT2D eigenvalue weighted by molar-refractivity contribution is -0.152. The van der Waals surface area contributed by atoms with Crippen molar-refractivity contribution >= 4 is 27.5 Å². The number of benzene rings is 2. The van der Waals surface area contributed by atoms with E-state index in [9.17, 15) is 31.2 Å². The molecule has 0 saturated carbocycles. The molecule has 0 amide bonds. The Morgan fingerprint density at radius 1 is 1.05 bits per heavy atom. The third-order valence-corrected chi connectivity index (χ3v) is 9.15. The van der Waals surface area contributed by atoms with Crippen LogP contribution in [-0.2, 0) is 35.9 Å². The zero-order valence-corrected chi connectivity index (χ0v) is 22.1. The number of piperidine rings is 1. The Hall–Kier alpha value is -3.18. The molecule has 204 valence electrons. The number of esters is 1. The van der Waals surface area contributed by atoms with Crippen molar-refractivity contribution in [2.75, 3.05) is 31.6 Å². The van der Waals surface area contributed by atoms with Gasteiger partial charge in [0, 0.05) is 43.0 Å². The molecule has 7 nitrogen and oxygen atoms in total. The number of hydrogen-bond acceptors (Lipinski definition) is 6. The van der Waals surface area contributed by atoms with E-state index in [0.29, 0.717) is 0 Å². The molecule has 0 aliphatic carbocycles. The fourth-order valence-electron chi connectivity index (χ4n) is 5.11. The smallest absolute Gasteiger partial charge is 0.417 e. The number of allylic oxidation sites excluding steroid dienone is 1. The largest absolute Gasteiger partial charge is 0.457 e. The number of likely N-dealkylation sites (N-methyl/N-ethyl adjacent to an activating group) is 1. The van der Waals surface area contributed by atoms with E-state index in [1.54, 1.807) is 0 Å². The van der Waals surface area contributed by atoms with Gasteiger partial charge in [-0.05, 0) is 36.6 Å². The van der Waals surface area contributed by atoms with Crippen molar-refractivity contribution in [1.29, 1.82) is 0 Å². The van der Waals surface area contributed by atoms with Crippen LogP contribution < -0.4 is 4.90 Å². The molecule has 0 spiro atoms. The molecule has 2 aromatic carbocycles. The Bertz CT molecular complexity index is 1380. The van der Waals surface area contributed by atoms with Crippen molar-refractivity contribution < 1.29 is 35.9 Å². The molecule has 1 fully saturated rings. The van der Waals surface area contributed by atoms with Gasteiger partial charge in [-0.25, -0.2) is 8.42 Å². The van der Waals surface area contributed by atoms with Gasteiger partial charge in [-0.3, -0.25) is 9.59 Å². The summed E-state index contributed by atoms with van der Waals surface area (Å²) in [6, 6.07) is 11.9. The maximum Gasteiger partial charge on any atom is 0.417 e. The standard InChI is InChI=1S/C27H29F3N2O5S/c1-26(2)20-8-4-6-10-22(20)31(3)24(26)16-19(33)17-37-25(34)18-12-14-32(15-13-18)38(35,36)23-11-7-5-9-21(23)27(28,29)30/h4-11,16,18H,12-15,17H2,1-3H3/b24-16+. The zero-order valence-electron chi connectivity index (χ0n) is 21.3. The third kappa shape index (κ3) is 5.22. The summed E-state index contributed by atoms with van der Waals surface area (Å²) in [5.41, 5.74) is 1.21. The highest BCUT2D eigenvalue weighted by molar-refractivity contribution is 7.89. The number of ketones is 1. The van der Waals surface area contributed by atoms with Crippen LogP contribution in [0.5, 0.6) is 0 Å². The second-order valence-corrected chi connectivity index (χ2v) is 11.9. The van der Waals surface area contributed by atoms with Crippen molar-refractivity contribution in [1.82, 2.24) is 4.31 Å². The highest BCUT2D eigenvalue weighted by Crippen LogP contribution is 2.46. The summed E-state index contributed by atoms with van der Waals surface area (Å²) in [4.78, 5) is 26.4. The summed E-state index contributed by atoms with van der Waals surface area (Å²) < 4.78 is 72.1. The van der Waals surface area contributed by atoms with Crippen LogP contribution in [0.1, 0.15) is 37.8 Å². The molecular formula is C27H29F3N2O5S. The van der Waals surface area contributed by atoms with Crippen LogP contribution in [-0.4, -0.2) is 51.2 Å². The first kappa shape index (κ1) is 27.8. The Morgan fingerprint density at radius 2 is 1.66 bits per heavy atom. The Labute approximate surface area is 219 Å². The number of alkyl halides is 3. The second-order valence-electron chi connectivity index (χ2n) is 9.98. The zero-order chi connectivity index (χ0) is 27.9. The average molecular weight is 551 g/mol. The van der Waals surface area contributed by atoms with Crippen LogP contribution in [0, 0.1) is 5.92 Å². The van der Waals surface area contributed by atoms with Crippen LogP contribution in [0.3, 0.4) is 0 Å². The first-order chi connectivity index (χ1) is 17.7. The number of halogens is 3. The molecular weight excluding hydrogens is 521 g/mol. The van der Waals surface area contributed by atoms with Crippen LogP contribution in [0.15, 0.2) is 65.2 Å². The van der Waals surface area contributed by atoms with Crippen molar-refractivity contribution in [2.45, 2.75) is 43.2 Å². The number of carbonyl (C=O) groups is 2. The fraction of sp³-hybridized carbons (Fsp3) is 0.407. The molecule has 11 heteroatoms. The van der Waals surface area contributed by atoms with Crippen molar-refractivity contribution in [3.8, 4) is 0 Å². The van der Waals surface area contributed by atoms with Crippen molar-refractivity contribution in [2.24, 2.45) is 5.92 Å². The Balaban J connectivity index is 1.35.